The molecule has 0 spiro atoms. The lowest BCUT2D eigenvalue weighted by molar-refractivity contribution is -0.143. The van der Waals surface area contributed by atoms with E-state index in [4.69, 9.17) is 31.5 Å². The largest absolute Gasteiger partial charge is 0.497 e. The minimum absolute atomic E-state index is 0.215. The van der Waals surface area contributed by atoms with E-state index in [1.807, 2.05) is 0 Å². The molecule has 0 aliphatic heterocycles. The lowest BCUT2D eigenvalue weighted by Crippen LogP contribution is -2.34. The SMILES string of the molecule is COc1ccc(OC)c(C(=O)COC(=O)C[C@@H](NC(N)=O)c2ccc(Cl)cc2)c1. The number of Topliss-reactive ketones (excluding diaryl/α,β-unsaturated/α-hetero) is 1. The predicted molar refractivity (Wildman–Crippen MR) is 106 cm³/mol. The Balaban J connectivity index is 2.04. The van der Waals surface area contributed by atoms with Gasteiger partial charge in [0.1, 0.15) is 11.5 Å². The molecule has 0 heterocycles. The van der Waals surface area contributed by atoms with Crippen LogP contribution in [0, 0.1) is 0 Å². The van der Waals surface area contributed by atoms with Crippen LogP contribution in [-0.2, 0) is 9.53 Å². The maximum Gasteiger partial charge on any atom is 0.312 e. The van der Waals surface area contributed by atoms with Crippen molar-refractivity contribution in [2.75, 3.05) is 20.8 Å². The molecule has 2 aromatic carbocycles. The van der Waals surface area contributed by atoms with Gasteiger partial charge in [0.25, 0.3) is 0 Å². The molecule has 9 heteroatoms. The average molecular weight is 421 g/mol. The molecular formula is C20H21ClN2O6. The smallest absolute Gasteiger partial charge is 0.312 e. The molecule has 0 radical (unpaired) electrons. The van der Waals surface area contributed by atoms with E-state index in [0.717, 1.165) is 0 Å². The summed E-state index contributed by atoms with van der Waals surface area (Å²) in [5.41, 5.74) is 6.03. The van der Waals surface area contributed by atoms with Crippen LogP contribution in [0.1, 0.15) is 28.4 Å². The first-order chi connectivity index (χ1) is 13.8. The number of benzene rings is 2. The number of carbonyl (C=O) groups excluding carboxylic acids is 3. The summed E-state index contributed by atoms with van der Waals surface area (Å²) >= 11 is 5.86. The number of ketones is 1. The zero-order chi connectivity index (χ0) is 21.4. The summed E-state index contributed by atoms with van der Waals surface area (Å²) in [6, 6.07) is 9.77. The van der Waals surface area contributed by atoms with Gasteiger partial charge in [-0.2, -0.15) is 0 Å². The highest BCUT2D eigenvalue weighted by atomic mass is 35.5. The molecule has 0 bridgehead atoms. The summed E-state index contributed by atoms with van der Waals surface area (Å²) in [5, 5.41) is 2.98. The Kier molecular flexibility index (Phi) is 7.85. The van der Waals surface area contributed by atoms with Crippen LogP contribution >= 0.6 is 11.6 Å². The zero-order valence-corrected chi connectivity index (χ0v) is 16.7. The Morgan fingerprint density at radius 2 is 1.76 bits per heavy atom. The van der Waals surface area contributed by atoms with Crippen molar-refractivity contribution >= 4 is 29.4 Å². The molecule has 0 unspecified atom stereocenters. The first-order valence-corrected chi connectivity index (χ1v) is 8.94. The van der Waals surface area contributed by atoms with Gasteiger partial charge in [0.05, 0.1) is 32.2 Å². The summed E-state index contributed by atoms with van der Waals surface area (Å²) in [4.78, 5) is 36.0. The van der Waals surface area contributed by atoms with E-state index in [-0.39, 0.29) is 12.0 Å². The number of nitrogens with one attached hydrogen (secondary N) is 1. The van der Waals surface area contributed by atoms with Crippen molar-refractivity contribution in [3.63, 3.8) is 0 Å². The molecule has 2 rings (SSSR count). The maximum atomic E-state index is 12.5. The molecule has 154 valence electrons. The van der Waals surface area contributed by atoms with E-state index in [1.54, 1.807) is 36.4 Å². The molecular weight excluding hydrogens is 400 g/mol. The van der Waals surface area contributed by atoms with Gasteiger partial charge < -0.3 is 25.3 Å². The number of ether oxygens (including phenoxy) is 3. The third-order valence-corrected chi connectivity index (χ3v) is 4.28. The van der Waals surface area contributed by atoms with Gasteiger partial charge in [0.2, 0.25) is 5.78 Å². The van der Waals surface area contributed by atoms with Crippen molar-refractivity contribution in [3.05, 3.63) is 58.6 Å². The number of urea groups is 1. The third-order valence-electron chi connectivity index (χ3n) is 4.03. The highest BCUT2D eigenvalue weighted by Gasteiger charge is 2.21. The normalized spacial score (nSPS) is 11.3. The monoisotopic (exact) mass is 420 g/mol. The first kappa shape index (κ1) is 22.0. The molecule has 0 fully saturated rings. The Morgan fingerprint density at radius 1 is 1.07 bits per heavy atom. The Morgan fingerprint density at radius 3 is 2.34 bits per heavy atom. The van der Waals surface area contributed by atoms with Crippen molar-refractivity contribution in [1.29, 1.82) is 0 Å². The second-order valence-corrected chi connectivity index (χ2v) is 6.40. The Bertz CT molecular complexity index is 885. The molecule has 0 saturated heterocycles. The molecule has 0 aliphatic carbocycles. The molecule has 8 nitrogen and oxygen atoms in total. The number of esters is 1. The van der Waals surface area contributed by atoms with E-state index in [0.29, 0.717) is 22.1 Å². The van der Waals surface area contributed by atoms with Gasteiger partial charge in [-0.05, 0) is 35.9 Å². The van der Waals surface area contributed by atoms with E-state index < -0.39 is 30.4 Å². The van der Waals surface area contributed by atoms with Crippen molar-refractivity contribution in [3.8, 4) is 11.5 Å². The summed E-state index contributed by atoms with van der Waals surface area (Å²) in [6.45, 7) is -0.494. The fourth-order valence-corrected chi connectivity index (χ4v) is 2.73. The fourth-order valence-electron chi connectivity index (χ4n) is 2.60. The highest BCUT2D eigenvalue weighted by molar-refractivity contribution is 6.30. The number of carbonyl (C=O) groups is 3. The standard InChI is InChI=1S/C20H21ClN2O6/c1-27-14-7-8-18(28-2)15(9-14)17(24)11-29-19(25)10-16(23-20(22)26)12-3-5-13(21)6-4-12/h3-9,16H,10-11H2,1-2H3,(H3,22,23,26)/t16-/m1/s1. The number of hydrogen-bond donors (Lipinski definition) is 2. The van der Waals surface area contributed by atoms with Gasteiger partial charge in [-0.3, -0.25) is 9.59 Å². The minimum atomic E-state index is -0.796. The maximum absolute atomic E-state index is 12.5. The van der Waals surface area contributed by atoms with Crippen LogP contribution in [-0.4, -0.2) is 38.6 Å². The summed E-state index contributed by atoms with van der Waals surface area (Å²) in [6.07, 6.45) is -0.215. The predicted octanol–water partition coefficient (Wildman–Crippen LogP) is 2.88. The van der Waals surface area contributed by atoms with Crippen LogP contribution in [0.2, 0.25) is 5.02 Å². The van der Waals surface area contributed by atoms with Gasteiger partial charge in [-0.15, -0.1) is 0 Å². The zero-order valence-electron chi connectivity index (χ0n) is 15.9. The number of rotatable bonds is 9. The minimum Gasteiger partial charge on any atom is -0.497 e. The van der Waals surface area contributed by atoms with E-state index in [9.17, 15) is 14.4 Å². The molecule has 3 N–H and O–H groups in total. The highest BCUT2D eigenvalue weighted by Crippen LogP contribution is 2.25. The molecule has 29 heavy (non-hydrogen) atoms. The molecule has 2 amide bonds. The first-order valence-electron chi connectivity index (χ1n) is 8.56. The van der Waals surface area contributed by atoms with Crippen molar-refractivity contribution in [2.45, 2.75) is 12.5 Å². The van der Waals surface area contributed by atoms with Crippen molar-refractivity contribution in [2.24, 2.45) is 5.73 Å². The second kappa shape index (κ2) is 10.3. The van der Waals surface area contributed by atoms with Crippen LogP contribution in [0.4, 0.5) is 4.79 Å². The van der Waals surface area contributed by atoms with Crippen LogP contribution in [0.3, 0.4) is 0 Å². The Hall–Kier alpha value is -3.26. The van der Waals surface area contributed by atoms with E-state index in [2.05, 4.69) is 5.32 Å². The van der Waals surface area contributed by atoms with Crippen molar-refractivity contribution < 1.29 is 28.6 Å². The summed E-state index contributed by atoms with van der Waals surface area (Å²) in [7, 11) is 2.90. The molecule has 0 aromatic heterocycles. The Labute approximate surface area is 172 Å². The number of hydrogen-bond acceptors (Lipinski definition) is 6. The number of halogens is 1. The molecule has 0 saturated carbocycles. The second-order valence-electron chi connectivity index (χ2n) is 5.97. The van der Waals surface area contributed by atoms with E-state index in [1.165, 1.54) is 20.3 Å². The van der Waals surface area contributed by atoms with E-state index >= 15 is 0 Å². The van der Waals surface area contributed by atoms with Gasteiger partial charge in [-0.25, -0.2) is 4.79 Å². The summed E-state index contributed by atoms with van der Waals surface area (Å²) < 4.78 is 15.3. The van der Waals surface area contributed by atoms with Crippen LogP contribution in [0.15, 0.2) is 42.5 Å². The van der Waals surface area contributed by atoms with Crippen molar-refractivity contribution in [1.82, 2.24) is 5.32 Å². The number of methoxy groups -OCH3 is 2. The number of nitrogens with two attached hydrogens (primary N) is 1. The quantitative estimate of drug-likeness (QED) is 0.476. The molecule has 0 aliphatic rings. The summed E-state index contributed by atoms with van der Waals surface area (Å²) in [5.74, 6) is -0.343. The average Bonchev–Trinajstić information content (AvgIpc) is 2.71. The molecule has 2 aromatic rings. The van der Waals surface area contributed by atoms with Crippen LogP contribution in [0.25, 0.3) is 0 Å². The number of amides is 2. The topological polar surface area (TPSA) is 117 Å². The lowest BCUT2D eigenvalue weighted by Gasteiger charge is -2.17. The van der Waals surface area contributed by atoms with Gasteiger partial charge in [-0.1, -0.05) is 23.7 Å². The van der Waals surface area contributed by atoms with Gasteiger partial charge >= 0.3 is 12.0 Å². The molecule has 1 atom stereocenters. The fraction of sp³-hybridized carbons (Fsp3) is 0.250. The number of primary amides is 1. The van der Waals surface area contributed by atoms with Crippen LogP contribution < -0.4 is 20.5 Å². The van der Waals surface area contributed by atoms with Crippen LogP contribution in [0.5, 0.6) is 11.5 Å². The lowest BCUT2D eigenvalue weighted by atomic mass is 10.0. The third kappa shape index (κ3) is 6.39. The van der Waals surface area contributed by atoms with Gasteiger partial charge in [0.15, 0.2) is 6.61 Å². The van der Waals surface area contributed by atoms with Gasteiger partial charge in [0, 0.05) is 5.02 Å².